The quantitative estimate of drug-likeness (QED) is 0.117. The Hall–Kier alpha value is -5.64. The third-order valence-corrected chi connectivity index (χ3v) is 13.3. The van der Waals surface area contributed by atoms with Crippen LogP contribution in [0.3, 0.4) is 0 Å². The van der Waals surface area contributed by atoms with E-state index in [-0.39, 0.29) is 12.6 Å². The third kappa shape index (κ3) is 7.43. The molecule has 1 heterocycles. The van der Waals surface area contributed by atoms with Gasteiger partial charge in [0.1, 0.15) is 0 Å². The van der Waals surface area contributed by atoms with Crippen LogP contribution in [0.15, 0.2) is 203 Å². The molecule has 0 aromatic heterocycles. The van der Waals surface area contributed by atoms with Crippen LogP contribution in [0.1, 0.15) is 39.6 Å². The molecule has 306 valence electrons. The number of fused-ring (bicyclic) bond motifs is 16. The van der Waals surface area contributed by atoms with Crippen LogP contribution in [0.25, 0.3) is 43.8 Å². The number of halogens is 2. The number of carbonyl (C=O) groups is 1. The smallest absolute Gasteiger partial charge is 0.261 e. The van der Waals surface area contributed by atoms with E-state index in [1.54, 1.807) is 0 Å². The second-order valence-corrected chi connectivity index (χ2v) is 18.9. The predicted octanol–water partition coefficient (Wildman–Crippen LogP) is 14.8. The van der Waals surface area contributed by atoms with Gasteiger partial charge in [0.05, 0.1) is 11.7 Å². The molecule has 0 saturated carbocycles. The van der Waals surface area contributed by atoms with Gasteiger partial charge in [-0.3, -0.25) is 9.35 Å². The molecule has 1 N–H and O–H groups in total. The van der Waals surface area contributed by atoms with Gasteiger partial charge in [-0.25, -0.2) is 0 Å². The van der Waals surface area contributed by atoms with E-state index in [9.17, 15) is 13.2 Å². The Morgan fingerprint density at radius 2 is 0.952 bits per heavy atom. The normalized spacial score (nSPS) is 13.1. The molecule has 0 radical (unpaired) electrons. The van der Waals surface area contributed by atoms with E-state index >= 15 is 0 Å². The lowest BCUT2D eigenvalue weighted by Crippen LogP contribution is -2.31. The SMILES string of the molecule is CS(=O)(=O)O.Clc1cccc2c1-c1c(ccc3ccccc13)C21c2ccccc2Sc2ccccc21.O=C1c2cccc(Cl)c2-c2c1ccc1ccccc21.Sc1ccccc1.[2HH]. The lowest BCUT2D eigenvalue weighted by molar-refractivity contribution is 0.104. The van der Waals surface area contributed by atoms with Crippen LogP contribution in [0.2, 0.25) is 10.0 Å². The summed E-state index contributed by atoms with van der Waals surface area (Å²) >= 11 is 19.2. The van der Waals surface area contributed by atoms with Crippen molar-refractivity contribution in [1.82, 2.24) is 0 Å². The Kier molecular flexibility index (Phi) is 11.4. The summed E-state index contributed by atoms with van der Waals surface area (Å²) in [7, 11) is -3.67. The minimum atomic E-state index is -3.67. The lowest BCUT2D eigenvalue weighted by Gasteiger charge is -2.39. The monoisotopic (exact) mass is 905 g/mol. The molecule has 2 aliphatic carbocycles. The highest BCUT2D eigenvalue weighted by Gasteiger charge is 2.51. The first kappa shape index (κ1) is 41.7. The summed E-state index contributed by atoms with van der Waals surface area (Å²) in [6, 6.07) is 64.6. The van der Waals surface area contributed by atoms with Crippen LogP contribution in [0, 0.1) is 0 Å². The highest BCUT2D eigenvalue weighted by molar-refractivity contribution is 7.99. The number of ketones is 1. The minimum Gasteiger partial charge on any atom is -0.289 e. The fraction of sp³-hybridized carbons (Fsp3) is 0.0377. The van der Waals surface area contributed by atoms with Gasteiger partial charge in [0, 0.05) is 54.0 Å². The average molecular weight is 907 g/mol. The highest BCUT2D eigenvalue weighted by atomic mass is 35.5. The summed E-state index contributed by atoms with van der Waals surface area (Å²) in [6.45, 7) is 0. The maximum atomic E-state index is 12.4. The van der Waals surface area contributed by atoms with Crippen molar-refractivity contribution >= 4 is 85.0 Å². The zero-order valence-corrected chi connectivity index (χ0v) is 37.1. The zero-order valence-electron chi connectivity index (χ0n) is 33.1. The molecule has 0 amide bonds. The summed E-state index contributed by atoms with van der Waals surface area (Å²) < 4.78 is 25.9. The van der Waals surface area contributed by atoms with Crippen molar-refractivity contribution in [3.05, 3.63) is 231 Å². The number of carbonyl (C=O) groups excluding carboxylic acids is 1. The topological polar surface area (TPSA) is 71.4 Å². The lowest BCUT2D eigenvalue weighted by atomic mass is 9.67. The molecule has 0 bridgehead atoms. The van der Waals surface area contributed by atoms with E-state index in [1.165, 1.54) is 53.9 Å². The van der Waals surface area contributed by atoms with Crippen molar-refractivity contribution in [2.75, 3.05) is 6.26 Å². The maximum Gasteiger partial charge on any atom is 0.261 e. The fourth-order valence-corrected chi connectivity index (χ4v) is 10.8. The van der Waals surface area contributed by atoms with Crippen molar-refractivity contribution in [2.24, 2.45) is 0 Å². The minimum absolute atomic E-state index is 0. The van der Waals surface area contributed by atoms with Gasteiger partial charge in [0.15, 0.2) is 5.78 Å². The first-order valence-corrected chi connectivity index (χ1v) is 23.5. The molecule has 62 heavy (non-hydrogen) atoms. The molecule has 9 aromatic carbocycles. The van der Waals surface area contributed by atoms with Crippen LogP contribution in [0.4, 0.5) is 0 Å². The molecular formula is C53H38Cl2O4S3. The van der Waals surface area contributed by atoms with Crippen molar-refractivity contribution < 1.29 is 19.2 Å². The van der Waals surface area contributed by atoms with Crippen LogP contribution in [0.5, 0.6) is 0 Å². The number of hydrogen-bond donors (Lipinski definition) is 2. The van der Waals surface area contributed by atoms with E-state index < -0.39 is 10.1 Å². The van der Waals surface area contributed by atoms with E-state index in [0.29, 0.717) is 16.8 Å². The molecule has 0 saturated heterocycles. The van der Waals surface area contributed by atoms with E-state index in [2.05, 4.69) is 116 Å². The largest absolute Gasteiger partial charge is 0.289 e. The van der Waals surface area contributed by atoms with Gasteiger partial charge in [-0.05, 0) is 91.8 Å². The van der Waals surface area contributed by atoms with Crippen molar-refractivity contribution in [1.29, 1.82) is 0 Å². The van der Waals surface area contributed by atoms with Gasteiger partial charge >= 0.3 is 0 Å². The third-order valence-electron chi connectivity index (χ3n) is 11.2. The van der Waals surface area contributed by atoms with E-state index in [1.807, 2.05) is 96.7 Å². The van der Waals surface area contributed by atoms with Gasteiger partial charge in [-0.1, -0.05) is 181 Å². The Labute approximate surface area is 381 Å². The summed E-state index contributed by atoms with van der Waals surface area (Å²) in [4.78, 5) is 16.1. The van der Waals surface area contributed by atoms with Crippen molar-refractivity contribution in [3.63, 3.8) is 0 Å². The summed E-state index contributed by atoms with van der Waals surface area (Å²) in [5.74, 6) is 0.0678. The number of hydrogen-bond acceptors (Lipinski definition) is 5. The molecule has 0 unspecified atom stereocenters. The zero-order chi connectivity index (χ0) is 43.2. The highest BCUT2D eigenvalue weighted by Crippen LogP contribution is 2.64. The molecule has 0 fully saturated rings. The Bertz CT molecular complexity index is 3290. The Morgan fingerprint density at radius 1 is 0.500 bits per heavy atom. The van der Waals surface area contributed by atoms with Gasteiger partial charge < -0.3 is 0 Å². The molecule has 1 aliphatic heterocycles. The maximum absolute atomic E-state index is 12.4. The second kappa shape index (κ2) is 16.9. The molecular weight excluding hydrogens is 868 g/mol. The Balaban J connectivity index is 0.000000144. The van der Waals surface area contributed by atoms with Gasteiger partial charge in [0.2, 0.25) is 0 Å². The van der Waals surface area contributed by atoms with Crippen molar-refractivity contribution in [3.8, 4) is 22.3 Å². The van der Waals surface area contributed by atoms with Crippen molar-refractivity contribution in [2.45, 2.75) is 20.1 Å². The predicted molar refractivity (Wildman–Crippen MR) is 261 cm³/mol. The second-order valence-electron chi connectivity index (χ2n) is 15.0. The van der Waals surface area contributed by atoms with Gasteiger partial charge in [0.25, 0.3) is 10.1 Å². The molecule has 4 nitrogen and oxygen atoms in total. The summed E-state index contributed by atoms with van der Waals surface area (Å²) in [5.41, 5.74) is 10.7. The molecule has 9 aromatic rings. The van der Waals surface area contributed by atoms with Crippen LogP contribution in [-0.4, -0.2) is 25.0 Å². The molecule has 1 spiro atoms. The van der Waals surface area contributed by atoms with Crippen LogP contribution >= 0.6 is 47.6 Å². The first-order valence-electron chi connectivity index (χ1n) is 19.7. The standard InChI is InChI=1S/C29H17ClS.C17H9ClO.C6H6S.CH4O3S.H2/c30-24-13-7-12-22-28(24)27-19-9-2-1-8-18(19)16-17-23(27)29(22)20-10-3-5-14-25(20)31-26-15-6-4-11-21(26)29;18-14-7-3-6-12-16(14)15-11-5-2-1-4-10(11)8-9-13(15)17(12)19;7-6-4-2-1-3-5-6;1-5(2,3)4;/h1-17H;1-9H;1-5,7H;1H3,(H,2,3,4);1H/i;;;;1+1. The molecule has 9 heteroatoms. The van der Waals surface area contributed by atoms with Crippen LogP contribution < -0.4 is 0 Å². The van der Waals surface area contributed by atoms with Crippen LogP contribution in [-0.2, 0) is 15.5 Å². The fourth-order valence-electron chi connectivity index (χ4n) is 8.93. The average Bonchev–Trinajstić information content (AvgIpc) is 3.75. The molecule has 12 rings (SSSR count). The first-order chi connectivity index (χ1) is 30.0. The molecule has 3 aliphatic rings. The number of benzene rings is 9. The van der Waals surface area contributed by atoms with Gasteiger partial charge in [-0.15, -0.1) is 12.6 Å². The number of thiol groups is 1. The molecule has 0 atom stereocenters. The van der Waals surface area contributed by atoms with Gasteiger partial charge in [-0.2, -0.15) is 8.42 Å². The van der Waals surface area contributed by atoms with E-state index in [4.69, 9.17) is 27.8 Å². The number of rotatable bonds is 0. The summed E-state index contributed by atoms with van der Waals surface area (Å²) in [6.07, 6.45) is 0.715. The van der Waals surface area contributed by atoms with E-state index in [0.717, 1.165) is 37.4 Å². The summed E-state index contributed by atoms with van der Waals surface area (Å²) in [5, 5.41) is 6.18. The Morgan fingerprint density at radius 3 is 1.55 bits per heavy atom.